The largest absolute Gasteiger partial charge is 0.349 e. The number of benzene rings is 3. The minimum absolute atomic E-state index is 0.116. The molecule has 6 aliphatic rings. The SMILES string of the molecule is COC1(OC)[C@@]2(Cl)c3nc4ccccc4nc3[C@]1(Cl)[C@@H]1C(=O)N(Cc3ccc(CN4C(=O)[C@@H]5[C@H](C4=O)[C@]4(Cl)c6nc7ccccc7nc6[C@@]5(Cl)C4(OC)OC)cc3)C(=O)[C@@H]12. The van der Waals surface area contributed by atoms with Gasteiger partial charge in [-0.25, -0.2) is 19.9 Å². The van der Waals surface area contributed by atoms with Crippen molar-refractivity contribution in [1.82, 2.24) is 29.7 Å². The average Bonchev–Trinajstić information content (AvgIpc) is 3.90. The molecule has 5 aromatic rings. The Morgan fingerprint density at radius 2 is 0.683 bits per heavy atom. The Balaban J connectivity index is 0.883. The fraction of sp³-hybridized carbons (Fsp3) is 0.381. The Morgan fingerprint density at radius 3 is 0.900 bits per heavy atom. The zero-order valence-corrected chi connectivity index (χ0v) is 35.1. The molecule has 306 valence electrons. The standard InChI is InChI=1S/C42H32Cl4N6O8/c1-57-41(58-2)37(43)25-26(38(41,44)30-29(37)47-21-9-5-6-10-22(21)48-30)34(54)51(33(25)53)17-19-13-15-20(16-14-19)18-52-35(55)27-28(36(52)56)40(46)32-31(39(27,45)42(40,59-3)60-4)49-23-11-7-8-12-24(23)50-32/h5-16,25-28H,17-18H2,1-4H3/t25-,26+,27-,28+,37+,38-,39+,40-. The number of ether oxygens (including phenoxy) is 4. The lowest BCUT2D eigenvalue weighted by molar-refractivity contribution is -0.239. The van der Waals surface area contributed by atoms with Gasteiger partial charge in [0.2, 0.25) is 35.2 Å². The van der Waals surface area contributed by atoms with Gasteiger partial charge in [-0.05, 0) is 35.4 Å². The van der Waals surface area contributed by atoms with Gasteiger partial charge in [-0.15, -0.1) is 46.4 Å². The third-order valence-corrected chi connectivity index (χ3v) is 16.5. The predicted molar refractivity (Wildman–Crippen MR) is 214 cm³/mol. The number of hydrogen-bond acceptors (Lipinski definition) is 12. The summed E-state index contributed by atoms with van der Waals surface area (Å²) in [7, 11) is 5.45. The predicted octanol–water partition coefficient (Wildman–Crippen LogP) is 4.94. The quantitative estimate of drug-likeness (QED) is 0.117. The molecule has 4 amide bonds. The number of aromatic nitrogens is 4. The normalized spacial score (nSPS) is 33.7. The number of rotatable bonds is 8. The maximum absolute atomic E-state index is 14.4. The van der Waals surface area contributed by atoms with Gasteiger partial charge in [0.05, 0.1) is 81.6 Å². The number of carbonyl (C=O) groups excluding carboxylic acids is 4. The van der Waals surface area contributed by atoms with E-state index in [0.717, 1.165) is 9.80 Å². The number of carbonyl (C=O) groups is 4. The van der Waals surface area contributed by atoms with E-state index < -0.39 is 78.4 Å². The van der Waals surface area contributed by atoms with Crippen molar-refractivity contribution in [2.75, 3.05) is 28.4 Å². The highest BCUT2D eigenvalue weighted by Crippen LogP contribution is 2.78. The van der Waals surface area contributed by atoms with Crippen LogP contribution in [0.3, 0.4) is 0 Å². The van der Waals surface area contributed by atoms with Crippen LogP contribution in [0.1, 0.15) is 33.9 Å². The minimum atomic E-state index is -1.86. The molecule has 2 aliphatic heterocycles. The van der Waals surface area contributed by atoms with Crippen LogP contribution in [0.2, 0.25) is 0 Å². The summed E-state index contributed by atoms with van der Waals surface area (Å²) in [6, 6.07) is 21.1. The summed E-state index contributed by atoms with van der Waals surface area (Å²) in [5, 5.41) is 0. The number of nitrogens with zero attached hydrogens (tertiary/aromatic N) is 6. The third-order valence-electron chi connectivity index (χ3n) is 13.8. The molecule has 8 atom stereocenters. The van der Waals surface area contributed by atoms with Crippen molar-refractivity contribution in [3.63, 3.8) is 0 Å². The minimum Gasteiger partial charge on any atom is -0.349 e. The molecular formula is C42H32Cl4N6O8. The third kappa shape index (κ3) is 3.88. The molecule has 11 rings (SSSR count). The maximum atomic E-state index is 14.4. The van der Waals surface area contributed by atoms with Crippen LogP contribution >= 0.6 is 46.4 Å². The van der Waals surface area contributed by atoms with Crippen LogP contribution in [0.25, 0.3) is 22.1 Å². The summed E-state index contributed by atoms with van der Waals surface area (Å²) >= 11 is 30.1. The van der Waals surface area contributed by atoms with Crippen molar-refractivity contribution >= 4 is 92.1 Å². The molecule has 0 spiro atoms. The van der Waals surface area contributed by atoms with Gasteiger partial charge in [-0.1, -0.05) is 48.5 Å². The van der Waals surface area contributed by atoms with E-state index in [4.69, 9.17) is 85.3 Å². The van der Waals surface area contributed by atoms with Crippen LogP contribution in [0.5, 0.6) is 0 Å². The second-order valence-electron chi connectivity index (χ2n) is 16.0. The molecule has 0 N–H and O–H groups in total. The molecule has 18 heteroatoms. The van der Waals surface area contributed by atoms with Gasteiger partial charge in [0.25, 0.3) is 0 Å². The highest BCUT2D eigenvalue weighted by atomic mass is 35.5. The molecule has 14 nitrogen and oxygen atoms in total. The van der Waals surface area contributed by atoms with Crippen LogP contribution in [-0.2, 0) is 70.7 Å². The van der Waals surface area contributed by atoms with E-state index in [2.05, 4.69) is 0 Å². The second kappa shape index (κ2) is 12.2. The number of para-hydroxylation sites is 4. The summed E-state index contributed by atoms with van der Waals surface area (Å²) in [6.45, 7) is -0.232. The summed E-state index contributed by atoms with van der Waals surface area (Å²) in [4.78, 5) is 72.0. The summed E-state index contributed by atoms with van der Waals surface area (Å²) in [5.41, 5.74) is 4.16. The highest BCUT2D eigenvalue weighted by molar-refractivity contribution is 6.37. The molecule has 2 aromatic heterocycles. The van der Waals surface area contributed by atoms with E-state index in [9.17, 15) is 19.2 Å². The van der Waals surface area contributed by atoms with Gasteiger partial charge >= 0.3 is 0 Å². The molecular weight excluding hydrogens is 858 g/mol. The Morgan fingerprint density at radius 1 is 0.450 bits per heavy atom. The molecule has 4 fully saturated rings. The van der Waals surface area contributed by atoms with Gasteiger partial charge in [0, 0.05) is 28.4 Å². The Bertz CT molecular complexity index is 2470. The molecule has 4 aliphatic carbocycles. The number of halogens is 4. The van der Waals surface area contributed by atoms with Crippen LogP contribution in [0.15, 0.2) is 72.8 Å². The number of methoxy groups -OCH3 is 4. The average molecular weight is 891 g/mol. The fourth-order valence-electron chi connectivity index (χ4n) is 11.4. The van der Waals surface area contributed by atoms with E-state index in [1.807, 2.05) is 0 Å². The summed E-state index contributed by atoms with van der Waals surface area (Å²) in [6.07, 6.45) is 0. The van der Waals surface area contributed by atoms with E-state index in [-0.39, 0.29) is 35.9 Å². The molecule has 4 heterocycles. The molecule has 4 bridgehead atoms. The molecule has 0 radical (unpaired) electrons. The van der Waals surface area contributed by atoms with Gasteiger partial charge in [-0.3, -0.25) is 29.0 Å². The molecule has 2 saturated carbocycles. The number of likely N-dealkylation sites (tertiary alicyclic amines) is 2. The van der Waals surface area contributed by atoms with Crippen molar-refractivity contribution in [2.24, 2.45) is 23.7 Å². The van der Waals surface area contributed by atoms with Crippen molar-refractivity contribution in [1.29, 1.82) is 0 Å². The fourth-order valence-corrected chi connectivity index (χ4v) is 14.1. The first-order chi connectivity index (χ1) is 28.7. The lowest BCUT2D eigenvalue weighted by Gasteiger charge is -2.41. The Hall–Kier alpha value is -4.38. The van der Waals surface area contributed by atoms with Crippen molar-refractivity contribution in [2.45, 2.75) is 44.2 Å². The van der Waals surface area contributed by atoms with Crippen molar-refractivity contribution < 1.29 is 38.1 Å². The number of hydrogen-bond donors (Lipinski definition) is 0. The van der Waals surface area contributed by atoms with E-state index in [0.29, 0.717) is 33.2 Å². The molecule has 2 saturated heterocycles. The van der Waals surface area contributed by atoms with Crippen LogP contribution in [0, 0.1) is 23.7 Å². The first kappa shape index (κ1) is 38.5. The van der Waals surface area contributed by atoms with Gasteiger partial charge in [-0.2, -0.15) is 0 Å². The molecule has 0 unspecified atom stereocenters. The number of fused-ring (bicyclic) bond motifs is 18. The smallest absolute Gasteiger partial charge is 0.235 e. The van der Waals surface area contributed by atoms with Gasteiger partial charge < -0.3 is 18.9 Å². The first-order valence-corrected chi connectivity index (χ1v) is 20.5. The van der Waals surface area contributed by atoms with Crippen LogP contribution in [0.4, 0.5) is 0 Å². The van der Waals surface area contributed by atoms with E-state index in [1.54, 1.807) is 72.8 Å². The number of imide groups is 2. The molecule has 3 aromatic carbocycles. The summed E-state index contributed by atoms with van der Waals surface area (Å²) in [5.74, 6) is -10.7. The lowest BCUT2D eigenvalue weighted by atomic mass is 9.80. The van der Waals surface area contributed by atoms with Crippen LogP contribution < -0.4 is 0 Å². The van der Waals surface area contributed by atoms with Crippen molar-refractivity contribution in [3.8, 4) is 0 Å². The monoisotopic (exact) mass is 888 g/mol. The lowest BCUT2D eigenvalue weighted by Crippen LogP contribution is -2.56. The zero-order valence-electron chi connectivity index (χ0n) is 32.1. The zero-order chi connectivity index (χ0) is 42.1. The first-order valence-electron chi connectivity index (χ1n) is 19.0. The van der Waals surface area contributed by atoms with E-state index >= 15 is 0 Å². The second-order valence-corrected chi connectivity index (χ2v) is 18.4. The topological polar surface area (TPSA) is 163 Å². The maximum Gasteiger partial charge on any atom is 0.235 e. The van der Waals surface area contributed by atoms with Gasteiger partial charge in [0.1, 0.15) is 0 Å². The number of alkyl halides is 4. The van der Waals surface area contributed by atoms with E-state index in [1.165, 1.54) is 28.4 Å². The Labute approximate surface area is 361 Å². The number of amides is 4. The highest BCUT2D eigenvalue weighted by Gasteiger charge is 2.91. The van der Waals surface area contributed by atoms with Crippen LogP contribution in [-0.4, -0.2) is 93.4 Å². The van der Waals surface area contributed by atoms with Gasteiger partial charge in [0.15, 0.2) is 19.5 Å². The Kier molecular flexibility index (Phi) is 7.81. The molecule has 60 heavy (non-hydrogen) atoms. The van der Waals surface area contributed by atoms with Crippen molar-refractivity contribution in [3.05, 3.63) is 107 Å². The summed E-state index contributed by atoms with van der Waals surface area (Å²) < 4.78 is 23.8.